The van der Waals surface area contributed by atoms with Gasteiger partial charge < -0.3 is 11.1 Å². The van der Waals surface area contributed by atoms with Crippen LogP contribution in [0.4, 0.5) is 5.13 Å². The lowest BCUT2D eigenvalue weighted by atomic mass is 9.95. The van der Waals surface area contributed by atoms with E-state index in [4.69, 9.17) is 5.73 Å². The molecule has 0 atom stereocenters. The number of nitrogens with zero attached hydrogens (tertiary/aromatic N) is 2. The topological polar surface area (TPSA) is 71.2 Å². The number of nitrogen functional groups attached to an aromatic ring is 1. The van der Waals surface area contributed by atoms with Crippen molar-refractivity contribution in [3.63, 3.8) is 0 Å². The molecule has 1 fully saturated rings. The first-order chi connectivity index (χ1) is 9.07. The minimum atomic E-state index is -0.0648. The molecule has 1 aliphatic carbocycles. The average Bonchev–Trinajstić information content (AvgIpc) is 3.05. The second-order valence-electron chi connectivity index (χ2n) is 5.19. The fourth-order valence-electron chi connectivity index (χ4n) is 2.79. The van der Waals surface area contributed by atoms with Crippen LogP contribution in [0.3, 0.4) is 0 Å². The van der Waals surface area contributed by atoms with Gasteiger partial charge in [0.05, 0.1) is 6.20 Å². The number of aromatic nitrogens is 1. The highest BCUT2D eigenvalue weighted by Gasteiger charge is 2.37. The van der Waals surface area contributed by atoms with Crippen LogP contribution in [0.15, 0.2) is 6.20 Å². The third-order valence-electron chi connectivity index (χ3n) is 4.14. The highest BCUT2D eigenvalue weighted by Crippen LogP contribution is 2.33. The maximum atomic E-state index is 12.1. The van der Waals surface area contributed by atoms with Gasteiger partial charge in [0.25, 0.3) is 5.91 Å². The SMILES string of the molecule is CCN(C)C1(CNC(=O)c2cnc(N)s2)CCCC1. The van der Waals surface area contributed by atoms with Crippen LogP contribution in [0.2, 0.25) is 0 Å². The second-order valence-corrected chi connectivity index (χ2v) is 6.25. The number of anilines is 1. The van der Waals surface area contributed by atoms with Gasteiger partial charge in [-0.2, -0.15) is 0 Å². The Bertz CT molecular complexity index is 440. The van der Waals surface area contributed by atoms with Crippen molar-refractivity contribution in [2.45, 2.75) is 38.1 Å². The molecule has 3 N–H and O–H groups in total. The summed E-state index contributed by atoms with van der Waals surface area (Å²) in [6.45, 7) is 3.86. The summed E-state index contributed by atoms with van der Waals surface area (Å²) in [6.07, 6.45) is 6.34. The van der Waals surface area contributed by atoms with Gasteiger partial charge in [-0.3, -0.25) is 9.69 Å². The third kappa shape index (κ3) is 3.06. The summed E-state index contributed by atoms with van der Waals surface area (Å²) in [5, 5.41) is 3.48. The minimum absolute atomic E-state index is 0.0648. The summed E-state index contributed by atoms with van der Waals surface area (Å²) in [4.78, 5) is 18.9. The van der Waals surface area contributed by atoms with Crippen molar-refractivity contribution in [1.29, 1.82) is 0 Å². The number of hydrogen-bond donors (Lipinski definition) is 2. The second kappa shape index (κ2) is 5.88. The summed E-state index contributed by atoms with van der Waals surface area (Å²) in [6, 6.07) is 0. The van der Waals surface area contributed by atoms with Crippen LogP contribution in [-0.4, -0.2) is 41.5 Å². The number of carbonyl (C=O) groups excluding carboxylic acids is 1. The molecule has 106 valence electrons. The first kappa shape index (κ1) is 14.3. The van der Waals surface area contributed by atoms with Crippen molar-refractivity contribution in [2.75, 3.05) is 25.9 Å². The molecule has 2 rings (SSSR count). The van der Waals surface area contributed by atoms with Gasteiger partial charge in [0, 0.05) is 12.1 Å². The predicted octanol–water partition coefficient (Wildman–Crippen LogP) is 1.72. The molecule has 0 radical (unpaired) electrons. The van der Waals surface area contributed by atoms with E-state index in [1.807, 2.05) is 0 Å². The van der Waals surface area contributed by atoms with Crippen LogP contribution in [-0.2, 0) is 0 Å². The molecular weight excluding hydrogens is 260 g/mol. The summed E-state index contributed by atoms with van der Waals surface area (Å²) in [5.41, 5.74) is 5.68. The molecule has 1 aromatic heterocycles. The molecule has 5 nitrogen and oxygen atoms in total. The smallest absolute Gasteiger partial charge is 0.263 e. The van der Waals surface area contributed by atoms with Gasteiger partial charge in [-0.25, -0.2) is 4.98 Å². The number of rotatable bonds is 5. The van der Waals surface area contributed by atoms with Crippen molar-refractivity contribution < 1.29 is 4.79 Å². The summed E-state index contributed by atoms with van der Waals surface area (Å²) >= 11 is 1.23. The predicted molar refractivity (Wildman–Crippen MR) is 78.4 cm³/mol. The zero-order valence-corrected chi connectivity index (χ0v) is 12.4. The minimum Gasteiger partial charge on any atom is -0.375 e. The van der Waals surface area contributed by atoms with E-state index in [2.05, 4.69) is 29.2 Å². The highest BCUT2D eigenvalue weighted by molar-refractivity contribution is 7.17. The largest absolute Gasteiger partial charge is 0.375 e. The van der Waals surface area contributed by atoms with Crippen molar-refractivity contribution in [2.24, 2.45) is 0 Å². The molecular formula is C13H22N4OS. The standard InChI is InChI=1S/C13H22N4OS/c1-3-17(2)13(6-4-5-7-13)9-16-11(18)10-8-15-12(14)19-10/h8H,3-7,9H2,1-2H3,(H2,14,15)(H,16,18). The normalized spacial score (nSPS) is 17.8. The van der Waals surface area contributed by atoms with Gasteiger partial charge in [-0.15, -0.1) is 0 Å². The maximum absolute atomic E-state index is 12.1. The van der Waals surface area contributed by atoms with E-state index in [0.29, 0.717) is 16.6 Å². The van der Waals surface area contributed by atoms with Gasteiger partial charge in [0.15, 0.2) is 5.13 Å². The molecule has 0 saturated heterocycles. The Hall–Kier alpha value is -1.14. The Labute approximate surface area is 118 Å². The van der Waals surface area contributed by atoms with Crippen molar-refractivity contribution >= 4 is 22.4 Å². The molecule has 0 unspecified atom stereocenters. The van der Waals surface area contributed by atoms with Crippen molar-refractivity contribution in [1.82, 2.24) is 15.2 Å². The lowest BCUT2D eigenvalue weighted by molar-refractivity contribution is 0.0878. The molecule has 0 spiro atoms. The van der Waals surface area contributed by atoms with E-state index in [1.54, 1.807) is 6.20 Å². The molecule has 0 aliphatic heterocycles. The number of nitrogens with one attached hydrogen (secondary N) is 1. The van der Waals surface area contributed by atoms with Crippen LogP contribution in [0.1, 0.15) is 42.3 Å². The molecule has 19 heavy (non-hydrogen) atoms. The third-order valence-corrected chi connectivity index (χ3v) is 4.97. The maximum Gasteiger partial charge on any atom is 0.263 e. The average molecular weight is 282 g/mol. The van der Waals surface area contributed by atoms with E-state index >= 15 is 0 Å². The first-order valence-electron chi connectivity index (χ1n) is 6.78. The summed E-state index contributed by atoms with van der Waals surface area (Å²) in [5.74, 6) is -0.0648. The van der Waals surface area contributed by atoms with E-state index in [0.717, 1.165) is 19.4 Å². The molecule has 1 saturated carbocycles. The first-order valence-corrected chi connectivity index (χ1v) is 7.60. The Morgan fingerprint density at radius 3 is 2.79 bits per heavy atom. The van der Waals surface area contributed by atoms with Gasteiger partial charge in [-0.05, 0) is 26.4 Å². The molecule has 1 aliphatic rings. The highest BCUT2D eigenvalue weighted by atomic mass is 32.1. The molecule has 1 heterocycles. The summed E-state index contributed by atoms with van der Waals surface area (Å²) < 4.78 is 0. The number of likely N-dealkylation sites (N-methyl/N-ethyl adjacent to an activating group) is 1. The van der Waals surface area contributed by atoms with Crippen LogP contribution < -0.4 is 11.1 Å². The van der Waals surface area contributed by atoms with E-state index in [-0.39, 0.29) is 11.4 Å². The van der Waals surface area contributed by atoms with Gasteiger partial charge in [0.1, 0.15) is 4.88 Å². The van der Waals surface area contributed by atoms with Crippen molar-refractivity contribution in [3.05, 3.63) is 11.1 Å². The Morgan fingerprint density at radius 2 is 2.26 bits per heavy atom. The number of amides is 1. The number of nitrogens with two attached hydrogens (primary N) is 1. The lowest BCUT2D eigenvalue weighted by Gasteiger charge is -2.38. The fraction of sp³-hybridized carbons (Fsp3) is 0.692. The Kier molecular flexibility index (Phi) is 4.42. The van der Waals surface area contributed by atoms with Crippen LogP contribution in [0.5, 0.6) is 0 Å². The molecule has 6 heteroatoms. The fourth-order valence-corrected chi connectivity index (χ4v) is 3.39. The van der Waals surface area contributed by atoms with Crippen molar-refractivity contribution in [3.8, 4) is 0 Å². The molecule has 0 bridgehead atoms. The van der Waals surface area contributed by atoms with Gasteiger partial charge >= 0.3 is 0 Å². The number of thiazole rings is 1. The Morgan fingerprint density at radius 1 is 1.58 bits per heavy atom. The molecule has 1 amide bonds. The van der Waals surface area contributed by atoms with E-state index < -0.39 is 0 Å². The number of hydrogen-bond acceptors (Lipinski definition) is 5. The van der Waals surface area contributed by atoms with Crippen LogP contribution in [0.25, 0.3) is 0 Å². The van der Waals surface area contributed by atoms with Crippen LogP contribution in [0, 0.1) is 0 Å². The molecule has 1 aromatic rings. The lowest BCUT2D eigenvalue weighted by Crippen LogP contribution is -2.52. The van der Waals surface area contributed by atoms with Gasteiger partial charge in [0.2, 0.25) is 0 Å². The Balaban J connectivity index is 1.98. The van der Waals surface area contributed by atoms with Crippen LogP contribution >= 0.6 is 11.3 Å². The van der Waals surface area contributed by atoms with E-state index in [9.17, 15) is 4.79 Å². The quantitative estimate of drug-likeness (QED) is 0.862. The monoisotopic (exact) mass is 282 g/mol. The zero-order valence-electron chi connectivity index (χ0n) is 11.6. The molecule has 0 aromatic carbocycles. The van der Waals surface area contributed by atoms with Gasteiger partial charge in [-0.1, -0.05) is 31.1 Å². The summed E-state index contributed by atoms with van der Waals surface area (Å²) in [7, 11) is 2.14. The number of carbonyl (C=O) groups is 1. The zero-order chi connectivity index (χ0) is 13.9. The van der Waals surface area contributed by atoms with E-state index in [1.165, 1.54) is 24.2 Å².